The molecule has 2 rings (SSSR count). The van der Waals surface area contributed by atoms with Gasteiger partial charge in [-0.1, -0.05) is 31.5 Å². The molecule has 0 spiro atoms. The molecular weight excluding hydrogens is 236 g/mol. The van der Waals surface area contributed by atoms with Crippen molar-refractivity contribution in [3.8, 4) is 5.75 Å². The monoisotopic (exact) mass is 262 g/mol. The molecule has 0 radical (unpaired) electrons. The first-order valence-corrected chi connectivity index (χ1v) is 7.40. The number of phenols is 1. The van der Waals surface area contributed by atoms with Gasteiger partial charge >= 0.3 is 0 Å². The van der Waals surface area contributed by atoms with Crippen molar-refractivity contribution in [3.63, 3.8) is 0 Å². The Morgan fingerprint density at radius 3 is 2.79 bits per heavy atom. The molecule has 2 unspecified atom stereocenters. The van der Waals surface area contributed by atoms with Crippen molar-refractivity contribution in [1.29, 1.82) is 0 Å². The van der Waals surface area contributed by atoms with E-state index in [0.29, 0.717) is 17.8 Å². The Morgan fingerprint density at radius 2 is 2.11 bits per heavy atom. The molecule has 19 heavy (non-hydrogen) atoms. The summed E-state index contributed by atoms with van der Waals surface area (Å²) in [6, 6.07) is 7.02. The Bertz CT molecular complexity index is 419. The molecule has 1 fully saturated rings. The Kier molecular flexibility index (Phi) is 4.83. The van der Waals surface area contributed by atoms with Gasteiger partial charge in [0, 0.05) is 37.3 Å². The van der Waals surface area contributed by atoms with E-state index in [2.05, 4.69) is 37.1 Å². The van der Waals surface area contributed by atoms with E-state index >= 15 is 0 Å². The fourth-order valence-electron chi connectivity index (χ4n) is 2.86. The summed E-state index contributed by atoms with van der Waals surface area (Å²) < 4.78 is 0. The molecule has 1 aliphatic heterocycles. The van der Waals surface area contributed by atoms with E-state index in [9.17, 15) is 5.11 Å². The summed E-state index contributed by atoms with van der Waals surface area (Å²) in [6.07, 6.45) is 2.31. The topological polar surface area (TPSA) is 35.5 Å². The normalized spacial score (nSPS) is 24.6. The Morgan fingerprint density at radius 1 is 1.32 bits per heavy atom. The van der Waals surface area contributed by atoms with E-state index in [1.807, 2.05) is 12.1 Å². The van der Waals surface area contributed by atoms with E-state index in [4.69, 9.17) is 0 Å². The first-order chi connectivity index (χ1) is 9.13. The van der Waals surface area contributed by atoms with Gasteiger partial charge in [-0.15, -0.1) is 0 Å². The first-order valence-electron chi connectivity index (χ1n) is 7.40. The minimum atomic E-state index is 0.423. The standard InChI is InChI=1S/C16H26N2O/c1-4-14-11-18(15(5-2)9-17-14)10-13-8-12(3)6-7-16(13)19/h6-8,14-15,17,19H,4-5,9-11H2,1-3H3. The van der Waals surface area contributed by atoms with Crippen LogP contribution in [-0.2, 0) is 6.54 Å². The maximum absolute atomic E-state index is 10.0. The van der Waals surface area contributed by atoms with Crippen molar-refractivity contribution in [2.75, 3.05) is 13.1 Å². The van der Waals surface area contributed by atoms with Crippen LogP contribution in [0.15, 0.2) is 18.2 Å². The SMILES string of the molecule is CCC1CN(Cc2cc(C)ccc2O)C(CC)CN1. The smallest absolute Gasteiger partial charge is 0.120 e. The molecule has 0 amide bonds. The number of benzene rings is 1. The molecule has 3 nitrogen and oxygen atoms in total. The molecule has 2 atom stereocenters. The molecule has 1 saturated heterocycles. The summed E-state index contributed by atoms with van der Waals surface area (Å²) in [5.41, 5.74) is 2.26. The molecule has 0 saturated carbocycles. The number of hydrogen-bond donors (Lipinski definition) is 2. The van der Waals surface area contributed by atoms with Gasteiger partial charge in [-0.2, -0.15) is 0 Å². The lowest BCUT2D eigenvalue weighted by molar-refractivity contribution is 0.116. The predicted octanol–water partition coefficient (Wildman–Crippen LogP) is 2.66. The van der Waals surface area contributed by atoms with Gasteiger partial charge in [0.1, 0.15) is 5.75 Å². The molecule has 1 heterocycles. The summed E-state index contributed by atoms with van der Waals surface area (Å²) in [6.45, 7) is 9.52. The molecule has 106 valence electrons. The van der Waals surface area contributed by atoms with Crippen molar-refractivity contribution >= 4 is 0 Å². The quantitative estimate of drug-likeness (QED) is 0.875. The van der Waals surface area contributed by atoms with Crippen LogP contribution < -0.4 is 5.32 Å². The second-order valence-electron chi connectivity index (χ2n) is 5.64. The fourth-order valence-corrected chi connectivity index (χ4v) is 2.86. The van der Waals surface area contributed by atoms with E-state index in [0.717, 1.165) is 38.0 Å². The van der Waals surface area contributed by atoms with Gasteiger partial charge < -0.3 is 10.4 Å². The van der Waals surface area contributed by atoms with Crippen LogP contribution in [0.1, 0.15) is 37.8 Å². The molecule has 0 aliphatic carbocycles. The van der Waals surface area contributed by atoms with Crippen molar-refractivity contribution < 1.29 is 5.11 Å². The molecular formula is C16H26N2O. The lowest BCUT2D eigenvalue weighted by Gasteiger charge is -2.40. The summed E-state index contributed by atoms with van der Waals surface area (Å²) in [5, 5.41) is 13.6. The Hall–Kier alpha value is -1.06. The van der Waals surface area contributed by atoms with Gasteiger partial charge in [0.05, 0.1) is 0 Å². The van der Waals surface area contributed by atoms with Crippen molar-refractivity contribution in [2.45, 2.75) is 52.2 Å². The minimum absolute atomic E-state index is 0.423. The molecule has 1 aliphatic rings. The van der Waals surface area contributed by atoms with Gasteiger partial charge in [-0.05, 0) is 25.8 Å². The zero-order chi connectivity index (χ0) is 13.8. The number of piperazine rings is 1. The minimum Gasteiger partial charge on any atom is -0.508 e. The second-order valence-corrected chi connectivity index (χ2v) is 5.64. The third-order valence-electron chi connectivity index (χ3n) is 4.19. The molecule has 0 aromatic heterocycles. The first kappa shape index (κ1) is 14.4. The van der Waals surface area contributed by atoms with Crippen LogP contribution in [0, 0.1) is 6.92 Å². The highest BCUT2D eigenvalue weighted by atomic mass is 16.3. The predicted molar refractivity (Wildman–Crippen MR) is 79.4 cm³/mol. The number of phenolic OH excluding ortho intramolecular Hbond substituents is 1. The number of aromatic hydroxyl groups is 1. The van der Waals surface area contributed by atoms with Crippen LogP contribution in [0.5, 0.6) is 5.75 Å². The highest BCUT2D eigenvalue weighted by molar-refractivity contribution is 5.35. The highest BCUT2D eigenvalue weighted by Gasteiger charge is 2.26. The van der Waals surface area contributed by atoms with Gasteiger partial charge in [0.15, 0.2) is 0 Å². The molecule has 3 heteroatoms. The average Bonchev–Trinajstić information content (AvgIpc) is 2.42. The average molecular weight is 262 g/mol. The Labute approximate surface area is 116 Å². The maximum atomic E-state index is 10.0. The van der Waals surface area contributed by atoms with Crippen LogP contribution in [0.2, 0.25) is 0 Å². The van der Waals surface area contributed by atoms with Crippen LogP contribution in [0.25, 0.3) is 0 Å². The van der Waals surface area contributed by atoms with Crippen molar-refractivity contribution in [2.24, 2.45) is 0 Å². The number of nitrogens with zero attached hydrogens (tertiary/aromatic N) is 1. The second kappa shape index (κ2) is 6.40. The highest BCUT2D eigenvalue weighted by Crippen LogP contribution is 2.23. The zero-order valence-electron chi connectivity index (χ0n) is 12.3. The van der Waals surface area contributed by atoms with Crippen LogP contribution in [0.3, 0.4) is 0 Å². The van der Waals surface area contributed by atoms with E-state index < -0.39 is 0 Å². The van der Waals surface area contributed by atoms with E-state index in [1.165, 1.54) is 5.56 Å². The van der Waals surface area contributed by atoms with Gasteiger partial charge in [0.25, 0.3) is 0 Å². The maximum Gasteiger partial charge on any atom is 0.120 e. The lowest BCUT2D eigenvalue weighted by Crippen LogP contribution is -2.55. The summed E-state index contributed by atoms with van der Waals surface area (Å²) in [5.74, 6) is 0.423. The molecule has 2 N–H and O–H groups in total. The molecule has 0 bridgehead atoms. The van der Waals surface area contributed by atoms with Crippen LogP contribution >= 0.6 is 0 Å². The molecule has 1 aromatic carbocycles. The van der Waals surface area contributed by atoms with Gasteiger partial charge in [-0.3, -0.25) is 4.90 Å². The van der Waals surface area contributed by atoms with Crippen LogP contribution in [-0.4, -0.2) is 35.2 Å². The third-order valence-corrected chi connectivity index (χ3v) is 4.19. The van der Waals surface area contributed by atoms with Gasteiger partial charge in [-0.25, -0.2) is 0 Å². The number of rotatable bonds is 4. The molecule has 1 aromatic rings. The zero-order valence-corrected chi connectivity index (χ0v) is 12.3. The summed E-state index contributed by atoms with van der Waals surface area (Å²) >= 11 is 0. The number of aryl methyl sites for hydroxylation is 1. The number of hydrogen-bond acceptors (Lipinski definition) is 3. The fraction of sp³-hybridized carbons (Fsp3) is 0.625. The van der Waals surface area contributed by atoms with Crippen LogP contribution in [0.4, 0.5) is 0 Å². The Balaban J connectivity index is 2.11. The number of nitrogens with one attached hydrogen (secondary N) is 1. The van der Waals surface area contributed by atoms with E-state index in [1.54, 1.807) is 0 Å². The summed E-state index contributed by atoms with van der Waals surface area (Å²) in [7, 11) is 0. The van der Waals surface area contributed by atoms with Crippen molar-refractivity contribution in [3.05, 3.63) is 29.3 Å². The largest absolute Gasteiger partial charge is 0.508 e. The summed E-state index contributed by atoms with van der Waals surface area (Å²) in [4.78, 5) is 2.51. The van der Waals surface area contributed by atoms with E-state index in [-0.39, 0.29) is 0 Å². The lowest BCUT2D eigenvalue weighted by atomic mass is 10.0. The third kappa shape index (κ3) is 3.48. The van der Waals surface area contributed by atoms with Crippen molar-refractivity contribution in [1.82, 2.24) is 10.2 Å². The van der Waals surface area contributed by atoms with Gasteiger partial charge in [0.2, 0.25) is 0 Å².